The number of amides is 2. The number of sulfonamides is 2. The first-order valence-corrected chi connectivity index (χ1v) is 39.0. The van der Waals surface area contributed by atoms with Gasteiger partial charge in [-0.25, -0.2) is 39.2 Å². The quantitative estimate of drug-likeness (QED) is 0.0839. The molecule has 24 nitrogen and oxygen atoms in total. The van der Waals surface area contributed by atoms with E-state index in [1.807, 2.05) is 30.6 Å². The summed E-state index contributed by atoms with van der Waals surface area (Å²) in [6.07, 6.45) is 14.0. The second-order valence-electron chi connectivity index (χ2n) is 32.9. The van der Waals surface area contributed by atoms with Crippen LogP contribution in [-0.4, -0.2) is 116 Å². The Morgan fingerprint density at radius 1 is 0.563 bits per heavy atom. The number of ether oxygens (including phenoxy) is 2. The van der Waals surface area contributed by atoms with Gasteiger partial charge < -0.3 is 29.9 Å². The van der Waals surface area contributed by atoms with Crippen LogP contribution < -0.4 is 39.4 Å². The number of fused-ring (bicyclic) bond motifs is 12. The highest BCUT2D eigenvalue weighted by molar-refractivity contribution is 9.10. The molecule has 27 heteroatoms. The molecule has 554 valence electrons. The Morgan fingerprint density at radius 3 is 1.50 bits per heavy atom. The maximum Gasteiger partial charge on any atom is 0.281 e. The number of aromatic nitrogens is 10. The third-order valence-electron chi connectivity index (χ3n) is 18.9. The van der Waals surface area contributed by atoms with E-state index in [1.165, 1.54) is 17.7 Å². The van der Waals surface area contributed by atoms with Crippen molar-refractivity contribution < 1.29 is 37.3 Å². The molecule has 2 saturated heterocycles. The van der Waals surface area contributed by atoms with E-state index in [0.717, 1.165) is 80.8 Å². The Kier molecular flexibility index (Phi) is 22.9. The van der Waals surface area contributed by atoms with Crippen molar-refractivity contribution in [3.63, 3.8) is 0 Å². The molecule has 12 heterocycles. The molecule has 8 aromatic rings. The van der Waals surface area contributed by atoms with Crippen LogP contribution >= 0.6 is 15.9 Å². The van der Waals surface area contributed by atoms with Gasteiger partial charge in [0, 0.05) is 56.3 Å². The number of rotatable bonds is 9. The van der Waals surface area contributed by atoms with Gasteiger partial charge in [-0.1, -0.05) is 95.2 Å². The number of anilines is 4. The third-order valence-corrected chi connectivity index (χ3v) is 21.8. The molecule has 0 unspecified atom stereocenters. The number of carbonyl (C=O) groups is 2. The standard InChI is InChI=1S/C38H50N8O4S.C29H35BrN6O3S.C9H16N2O.H2/c1-36(2,3)18-21-50-32-17-20-46(43-32)31-15-13-27-34(42-31)45-24-25(23-38(45,7)8)12-14-28(29-22-26(16-19-39-29)37(4,5)6)40-30-10-9-11-33(41-30)51(48,49)44-35(27)47;1-28(2,3)19-13-14-31-22(15-19)21-11-9-18-16-29(4,5)36(17-18)26-20(10-12-23(30)33-26)27(37)35-40(38,39)25-8-6-7-24(32-21)34-25;1-9(2,3)5-7-12-8-4-6-10-11-8;/h9-11,13,15-17,19-20,22,25,28H,12,14,18,21,23-24H2,1-8H3,(H,40,41)(H,44,47);6-8,10,12-15,18,21H,9,11,16-17H2,1-5H3,(H,32,34)(H,35,37);4,6H,5,7H2,1-3H3,(H,10,11);1H/t25-,28+;18-,21+;;/m00../s1. The predicted octanol–water partition coefficient (Wildman–Crippen LogP) is 14.9. The van der Waals surface area contributed by atoms with E-state index in [2.05, 4.69) is 199 Å². The predicted molar refractivity (Wildman–Crippen MR) is 407 cm³/mol. The van der Waals surface area contributed by atoms with E-state index < -0.39 is 31.9 Å². The molecule has 103 heavy (non-hydrogen) atoms. The highest BCUT2D eigenvalue weighted by Crippen LogP contribution is 2.44. The molecule has 0 spiro atoms. The molecule has 4 atom stereocenters. The normalized spacial score (nSPS) is 20.1. The maximum absolute atomic E-state index is 13.9. The third kappa shape index (κ3) is 20.0. The van der Waals surface area contributed by atoms with Crippen LogP contribution in [0.15, 0.2) is 137 Å². The van der Waals surface area contributed by atoms with Crippen molar-refractivity contribution in [3.05, 3.63) is 160 Å². The van der Waals surface area contributed by atoms with Gasteiger partial charge in [0.05, 0.1) is 54.0 Å². The van der Waals surface area contributed by atoms with Crippen molar-refractivity contribution in [2.24, 2.45) is 22.7 Å². The van der Waals surface area contributed by atoms with Crippen molar-refractivity contribution in [2.75, 3.05) is 46.7 Å². The molecule has 8 aromatic heterocycles. The molecule has 0 aromatic carbocycles. The summed E-state index contributed by atoms with van der Waals surface area (Å²) >= 11 is 3.43. The molecule has 0 aliphatic carbocycles. The average Bonchev–Trinajstić information content (AvgIpc) is 1.54. The minimum Gasteiger partial charge on any atom is -0.478 e. The zero-order valence-electron chi connectivity index (χ0n) is 62.2. The first kappa shape index (κ1) is 77.1. The second-order valence-corrected chi connectivity index (χ2v) is 37.0. The van der Waals surface area contributed by atoms with E-state index in [9.17, 15) is 26.4 Å². The van der Waals surface area contributed by atoms with Crippen molar-refractivity contribution in [1.29, 1.82) is 0 Å². The summed E-state index contributed by atoms with van der Waals surface area (Å²) in [5, 5.41) is 17.5. The SMILES string of the molecule is CC(C)(C)CCOc1ccn(-c2ccc3c(n2)N2C[C@@H](CC[C@H](c4cc(C(C)(C)C)ccn4)Nc4cccc(n4)S(=O)(=O)NC3=O)CC2(C)C)n1.CC(C)(C)CCOc1ccn[nH]1.CC(C)(C)c1ccnc([C@H]2CC[C@@H]3CN(c4nc(Br)ccc4C(=O)NS(=O)(=O)c4cccc(n4)N2)C(C)(C)C3)c1.[HH]. The van der Waals surface area contributed by atoms with Crippen LogP contribution in [0.3, 0.4) is 0 Å². The van der Waals surface area contributed by atoms with Crippen molar-refractivity contribution in [3.8, 4) is 17.6 Å². The Hall–Kier alpha value is -8.56. The topological polar surface area (TPSA) is 299 Å². The van der Waals surface area contributed by atoms with Crippen LogP contribution in [0.1, 0.15) is 219 Å². The molecule has 4 aliphatic heterocycles. The number of nitrogens with zero attached hydrogens (tertiary/aromatic N) is 11. The summed E-state index contributed by atoms with van der Waals surface area (Å²) < 4.78 is 71.9. The van der Waals surface area contributed by atoms with E-state index in [-0.39, 0.29) is 67.9 Å². The lowest BCUT2D eigenvalue weighted by molar-refractivity contribution is 0.0972. The van der Waals surface area contributed by atoms with Gasteiger partial charge in [0.2, 0.25) is 11.8 Å². The summed E-state index contributed by atoms with van der Waals surface area (Å²) in [6, 6.07) is 27.5. The summed E-state index contributed by atoms with van der Waals surface area (Å²) in [5.74, 6) is 2.40. The van der Waals surface area contributed by atoms with Crippen molar-refractivity contribution >= 4 is 71.1 Å². The number of halogens is 1. The number of H-pyrrole nitrogens is 1. The van der Waals surface area contributed by atoms with Gasteiger partial charge >= 0.3 is 0 Å². The zero-order valence-corrected chi connectivity index (χ0v) is 65.4. The van der Waals surface area contributed by atoms with E-state index in [0.29, 0.717) is 70.6 Å². The Labute approximate surface area is 617 Å². The van der Waals surface area contributed by atoms with Gasteiger partial charge in [0.15, 0.2) is 15.9 Å². The van der Waals surface area contributed by atoms with Gasteiger partial charge in [-0.15, -0.1) is 5.10 Å². The fourth-order valence-corrected chi connectivity index (χ4v) is 15.3. The lowest BCUT2D eigenvalue weighted by Crippen LogP contribution is -2.41. The first-order chi connectivity index (χ1) is 48.2. The number of carbonyl (C=O) groups excluding carboxylic acids is 2. The first-order valence-electron chi connectivity index (χ1n) is 35.3. The molecule has 0 radical (unpaired) electrons. The minimum absolute atomic E-state index is 0. The smallest absolute Gasteiger partial charge is 0.281 e. The maximum atomic E-state index is 13.9. The summed E-state index contributed by atoms with van der Waals surface area (Å²) in [5.41, 5.74) is 4.09. The number of hydrogen-bond donors (Lipinski definition) is 5. The fourth-order valence-electron chi connectivity index (χ4n) is 13.1. The zero-order chi connectivity index (χ0) is 74.7. The van der Waals surface area contributed by atoms with Crippen LogP contribution in [0.5, 0.6) is 11.8 Å². The monoisotopic (exact) mass is 1510 g/mol. The van der Waals surface area contributed by atoms with Crippen LogP contribution in [0, 0.1) is 22.7 Å². The Bertz CT molecular complexity index is 4550. The second kappa shape index (κ2) is 30.6. The van der Waals surface area contributed by atoms with E-state index in [1.54, 1.807) is 71.7 Å². The van der Waals surface area contributed by atoms with Crippen LogP contribution in [0.25, 0.3) is 5.82 Å². The molecule has 2 amide bonds. The number of aromatic amines is 1. The molecule has 2 fully saturated rings. The molecule has 4 aliphatic rings. The lowest BCUT2D eigenvalue weighted by atomic mass is 9.86. The average molecular weight is 1510 g/mol. The Balaban J connectivity index is 0.000000210. The van der Waals surface area contributed by atoms with E-state index >= 15 is 0 Å². The van der Waals surface area contributed by atoms with Gasteiger partial charge in [-0.2, -0.15) is 21.9 Å². The molecule has 8 bridgehead atoms. The van der Waals surface area contributed by atoms with Gasteiger partial charge in [-0.3, -0.25) is 19.6 Å². The number of nitrogens with one attached hydrogen (secondary N) is 5. The highest BCUT2D eigenvalue weighted by Gasteiger charge is 2.44. The Morgan fingerprint density at radius 2 is 1.04 bits per heavy atom. The van der Waals surface area contributed by atoms with Gasteiger partial charge in [-0.05, 0) is 212 Å². The van der Waals surface area contributed by atoms with Crippen LogP contribution in [0.2, 0.25) is 0 Å². The molecular formula is C76H103BrN16O8S2. The number of hydrogen-bond acceptors (Lipinski definition) is 20. The van der Waals surface area contributed by atoms with Gasteiger partial charge in [0.1, 0.15) is 27.9 Å². The van der Waals surface area contributed by atoms with E-state index in [4.69, 9.17) is 24.4 Å². The van der Waals surface area contributed by atoms with Crippen LogP contribution in [0.4, 0.5) is 23.3 Å². The number of pyridine rings is 6. The fraction of sp³-hybridized carbons (Fsp3) is 0.500. The molecular weight excluding hydrogens is 1410 g/mol. The molecule has 0 saturated carbocycles. The molecule has 12 rings (SSSR count). The minimum atomic E-state index is -4.35. The van der Waals surface area contributed by atoms with Crippen molar-refractivity contribution in [1.82, 2.24) is 59.3 Å². The summed E-state index contributed by atoms with van der Waals surface area (Å²) in [6.45, 7) is 37.2. The molecule has 5 N–H and O–H groups in total. The van der Waals surface area contributed by atoms with Crippen molar-refractivity contribution in [2.45, 2.75) is 206 Å². The lowest BCUT2D eigenvalue weighted by Gasteiger charge is -2.34. The summed E-state index contributed by atoms with van der Waals surface area (Å²) in [7, 11) is -8.60. The summed E-state index contributed by atoms with van der Waals surface area (Å²) in [4.78, 5) is 59.4. The highest BCUT2D eigenvalue weighted by atomic mass is 79.9. The van der Waals surface area contributed by atoms with Crippen LogP contribution in [-0.2, 0) is 30.9 Å². The largest absolute Gasteiger partial charge is 0.478 e. The van der Waals surface area contributed by atoms with Gasteiger partial charge in [0.25, 0.3) is 31.9 Å².